The number of rotatable bonds is 6. The van der Waals surface area contributed by atoms with Crippen molar-refractivity contribution in [1.29, 1.82) is 0 Å². The first-order chi connectivity index (χ1) is 8.76. The Morgan fingerprint density at radius 1 is 1.44 bits per heavy atom. The van der Waals surface area contributed by atoms with Crippen LogP contribution in [0.3, 0.4) is 0 Å². The second kappa shape index (κ2) is 5.82. The fourth-order valence-electron chi connectivity index (χ4n) is 2.12. The van der Waals surface area contributed by atoms with Gasteiger partial charge in [-0.3, -0.25) is 0 Å². The Morgan fingerprint density at radius 3 is 3.00 bits per heavy atom. The van der Waals surface area contributed by atoms with Crippen molar-refractivity contribution in [2.45, 2.75) is 19.8 Å². The molecule has 1 unspecified atom stereocenters. The molecular weight excluding hydrogens is 226 g/mol. The summed E-state index contributed by atoms with van der Waals surface area (Å²) in [6, 6.07) is 1.98. The molecule has 0 bridgehead atoms. The first kappa shape index (κ1) is 12.8. The molecule has 0 aliphatic rings. The minimum Gasteiger partial charge on any atom is -0.368 e. The molecule has 2 aromatic heterocycles. The Bertz CT molecular complexity index is 505. The number of fused-ring (bicyclic) bond motifs is 1. The van der Waals surface area contributed by atoms with Crippen molar-refractivity contribution in [2.24, 2.45) is 18.7 Å². The Kier molecular flexibility index (Phi) is 4.15. The molecule has 0 aromatic carbocycles. The van der Waals surface area contributed by atoms with Crippen LogP contribution in [0.25, 0.3) is 11.0 Å². The number of nitrogens with one attached hydrogen (secondary N) is 1. The van der Waals surface area contributed by atoms with Crippen LogP contribution in [0.4, 0.5) is 5.82 Å². The molecule has 0 amide bonds. The molecule has 0 aliphatic heterocycles. The summed E-state index contributed by atoms with van der Waals surface area (Å²) >= 11 is 0. The average Bonchev–Trinajstić information content (AvgIpc) is 2.77. The van der Waals surface area contributed by atoms with Crippen LogP contribution in [-0.2, 0) is 7.05 Å². The van der Waals surface area contributed by atoms with E-state index in [1.54, 1.807) is 0 Å². The first-order valence-electron chi connectivity index (χ1n) is 6.46. The number of anilines is 1. The molecule has 2 rings (SSSR count). The van der Waals surface area contributed by atoms with E-state index in [0.29, 0.717) is 5.92 Å². The lowest BCUT2D eigenvalue weighted by molar-refractivity contribution is 0.501. The van der Waals surface area contributed by atoms with Crippen LogP contribution in [0.5, 0.6) is 0 Å². The van der Waals surface area contributed by atoms with Crippen LogP contribution >= 0.6 is 0 Å². The predicted octanol–water partition coefficient (Wildman–Crippen LogP) is 1.76. The molecule has 0 radical (unpaired) electrons. The maximum atomic E-state index is 5.61. The van der Waals surface area contributed by atoms with E-state index in [-0.39, 0.29) is 0 Å². The summed E-state index contributed by atoms with van der Waals surface area (Å²) in [5.41, 5.74) is 7.64. The zero-order valence-electron chi connectivity index (χ0n) is 11.1. The molecule has 0 saturated carbocycles. The number of pyridine rings is 1. The van der Waals surface area contributed by atoms with Crippen molar-refractivity contribution < 1.29 is 0 Å². The van der Waals surface area contributed by atoms with Gasteiger partial charge in [-0.15, -0.1) is 0 Å². The second-order valence-electron chi connectivity index (χ2n) is 4.62. The van der Waals surface area contributed by atoms with Gasteiger partial charge in [0, 0.05) is 19.8 Å². The number of nitrogens with zero attached hydrogens (tertiary/aromatic N) is 3. The van der Waals surface area contributed by atoms with Crippen LogP contribution in [0, 0.1) is 5.92 Å². The van der Waals surface area contributed by atoms with Gasteiger partial charge in [-0.1, -0.05) is 13.3 Å². The molecule has 0 aliphatic carbocycles. The molecule has 98 valence electrons. The number of hydrogen-bond donors (Lipinski definition) is 2. The molecule has 5 nitrogen and oxygen atoms in total. The minimum absolute atomic E-state index is 0.593. The SMILES string of the molecule is CCC(CCN)CNc1nccc2c1ncn2C. The topological polar surface area (TPSA) is 68.8 Å². The van der Waals surface area contributed by atoms with Gasteiger partial charge in [0.1, 0.15) is 5.52 Å². The highest BCUT2D eigenvalue weighted by atomic mass is 15.1. The molecule has 5 heteroatoms. The van der Waals surface area contributed by atoms with Gasteiger partial charge < -0.3 is 15.6 Å². The smallest absolute Gasteiger partial charge is 0.154 e. The highest BCUT2D eigenvalue weighted by Gasteiger charge is 2.09. The zero-order chi connectivity index (χ0) is 13.0. The first-order valence-corrected chi connectivity index (χ1v) is 6.46. The van der Waals surface area contributed by atoms with E-state index in [1.807, 2.05) is 30.2 Å². The van der Waals surface area contributed by atoms with Crippen LogP contribution in [0.1, 0.15) is 19.8 Å². The summed E-state index contributed by atoms with van der Waals surface area (Å²) in [5.74, 6) is 1.46. The van der Waals surface area contributed by atoms with Crippen molar-refractivity contribution in [3.05, 3.63) is 18.6 Å². The summed E-state index contributed by atoms with van der Waals surface area (Å²) < 4.78 is 2.00. The van der Waals surface area contributed by atoms with E-state index in [4.69, 9.17) is 5.73 Å². The number of hydrogen-bond acceptors (Lipinski definition) is 4. The van der Waals surface area contributed by atoms with Crippen LogP contribution < -0.4 is 11.1 Å². The fraction of sp³-hybridized carbons (Fsp3) is 0.538. The van der Waals surface area contributed by atoms with E-state index in [2.05, 4.69) is 22.2 Å². The van der Waals surface area contributed by atoms with Crippen molar-refractivity contribution in [1.82, 2.24) is 14.5 Å². The van der Waals surface area contributed by atoms with Crippen molar-refractivity contribution in [3.8, 4) is 0 Å². The van der Waals surface area contributed by atoms with E-state index in [1.165, 1.54) is 0 Å². The molecule has 2 aromatic rings. The molecule has 3 N–H and O–H groups in total. The molecular formula is C13H21N5. The summed E-state index contributed by atoms with van der Waals surface area (Å²) in [4.78, 5) is 8.75. The maximum absolute atomic E-state index is 5.61. The standard InChI is InChI=1S/C13H21N5/c1-3-10(4-6-14)8-16-13-12-11(5-7-15-13)18(2)9-17-12/h5,7,9-10H,3-4,6,8,14H2,1-2H3,(H,15,16). The van der Waals surface area contributed by atoms with Crippen LogP contribution in [0.15, 0.2) is 18.6 Å². The lowest BCUT2D eigenvalue weighted by Gasteiger charge is -2.15. The third-order valence-electron chi connectivity index (χ3n) is 3.35. The summed E-state index contributed by atoms with van der Waals surface area (Å²) in [5, 5.41) is 3.39. The van der Waals surface area contributed by atoms with Crippen LogP contribution in [0.2, 0.25) is 0 Å². The Balaban J connectivity index is 2.12. The third kappa shape index (κ3) is 2.61. The van der Waals surface area contributed by atoms with E-state index < -0.39 is 0 Å². The molecule has 2 heterocycles. The van der Waals surface area contributed by atoms with Gasteiger partial charge in [-0.2, -0.15) is 0 Å². The Morgan fingerprint density at radius 2 is 2.28 bits per heavy atom. The molecule has 0 fully saturated rings. The lowest BCUT2D eigenvalue weighted by Crippen LogP contribution is -2.18. The normalized spacial score (nSPS) is 12.8. The lowest BCUT2D eigenvalue weighted by atomic mass is 10.0. The predicted molar refractivity (Wildman–Crippen MR) is 74.5 cm³/mol. The van der Waals surface area contributed by atoms with Gasteiger partial charge in [0.2, 0.25) is 0 Å². The highest BCUT2D eigenvalue weighted by Crippen LogP contribution is 2.19. The summed E-state index contributed by atoms with van der Waals surface area (Å²) in [6.45, 7) is 3.83. The van der Waals surface area contributed by atoms with Crippen molar-refractivity contribution >= 4 is 16.9 Å². The zero-order valence-corrected chi connectivity index (χ0v) is 11.1. The number of aromatic nitrogens is 3. The van der Waals surface area contributed by atoms with Gasteiger partial charge >= 0.3 is 0 Å². The molecule has 0 spiro atoms. The number of aryl methyl sites for hydroxylation is 1. The van der Waals surface area contributed by atoms with E-state index >= 15 is 0 Å². The monoisotopic (exact) mass is 247 g/mol. The second-order valence-corrected chi connectivity index (χ2v) is 4.62. The number of nitrogens with two attached hydrogens (primary N) is 1. The summed E-state index contributed by atoms with van der Waals surface area (Å²) in [7, 11) is 1.99. The van der Waals surface area contributed by atoms with Gasteiger partial charge in [-0.05, 0) is 24.9 Å². The van der Waals surface area contributed by atoms with Gasteiger partial charge in [-0.25, -0.2) is 9.97 Å². The largest absolute Gasteiger partial charge is 0.368 e. The highest BCUT2D eigenvalue weighted by molar-refractivity contribution is 5.85. The van der Waals surface area contributed by atoms with Crippen LogP contribution in [-0.4, -0.2) is 27.6 Å². The quantitative estimate of drug-likeness (QED) is 0.816. The van der Waals surface area contributed by atoms with Gasteiger partial charge in [0.15, 0.2) is 5.82 Å². The molecule has 0 saturated heterocycles. The summed E-state index contributed by atoms with van der Waals surface area (Å²) in [6.07, 6.45) is 5.80. The van der Waals surface area contributed by atoms with Gasteiger partial charge in [0.25, 0.3) is 0 Å². The third-order valence-corrected chi connectivity index (χ3v) is 3.35. The Hall–Kier alpha value is -1.62. The minimum atomic E-state index is 0.593. The molecule has 1 atom stereocenters. The number of imidazole rings is 1. The van der Waals surface area contributed by atoms with E-state index in [0.717, 1.165) is 42.8 Å². The average molecular weight is 247 g/mol. The van der Waals surface area contributed by atoms with Crippen molar-refractivity contribution in [3.63, 3.8) is 0 Å². The fourth-order valence-corrected chi connectivity index (χ4v) is 2.12. The Labute approximate surface area is 107 Å². The molecule has 18 heavy (non-hydrogen) atoms. The maximum Gasteiger partial charge on any atom is 0.154 e. The van der Waals surface area contributed by atoms with Crippen molar-refractivity contribution in [2.75, 3.05) is 18.4 Å². The van der Waals surface area contributed by atoms with E-state index in [9.17, 15) is 0 Å². The van der Waals surface area contributed by atoms with Gasteiger partial charge in [0.05, 0.1) is 11.8 Å².